The predicted octanol–water partition coefficient (Wildman–Crippen LogP) is -2.42. The molecule has 222 valence electrons. The van der Waals surface area contributed by atoms with Crippen LogP contribution in [0.2, 0.25) is 0 Å². The number of fused-ring (bicyclic) bond motifs is 2. The minimum Gasteiger partial charge on any atom is -0.543 e. The molecule has 0 spiro atoms. The highest BCUT2D eigenvalue weighted by Gasteiger charge is 2.53. The number of nitrogens with zero attached hydrogens (tertiary/aromatic N) is 7. The molecule has 0 radical (unpaired) electrons. The highest BCUT2D eigenvalue weighted by Crippen LogP contribution is 2.40. The number of nitrogen functional groups attached to an aromatic ring is 1. The maximum atomic E-state index is 13.2. The van der Waals surface area contributed by atoms with Gasteiger partial charge in [0.1, 0.15) is 30.1 Å². The number of thioether (sulfide) groups is 1. The minimum absolute atomic E-state index is 0.0460. The Hall–Kier alpha value is -4.13. The molecule has 0 aromatic carbocycles. The summed E-state index contributed by atoms with van der Waals surface area (Å²) >= 11 is 2.20. The zero-order valence-corrected chi connectivity index (χ0v) is 24.3. The van der Waals surface area contributed by atoms with E-state index in [4.69, 9.17) is 21.0 Å². The van der Waals surface area contributed by atoms with Gasteiger partial charge in [-0.05, 0) is 24.0 Å². The number of methoxy groups -OCH3 is 1. The standard InChI is InChI=1S/C24H28N10O6S2/c1-3-40-30-15(18-29-24(26)42-31-18)20(35)28-16-21(36)34-17(23(37)38)12(10-41-22(16)34)7-32-6-4-5-14-19(32)27-11-33(14)8-13(25)9-39-2/h4-6,11,13,16,22H,3,7-10,25H2,1-2H3,(H3-,26,28,29,31,35,37,38)/b30-15-. The Morgan fingerprint density at radius 3 is 2.90 bits per heavy atom. The molecule has 42 heavy (non-hydrogen) atoms. The molecule has 16 nitrogen and oxygen atoms in total. The second-order valence-corrected chi connectivity index (χ2v) is 11.3. The number of carbonyl (C=O) groups is 3. The third kappa shape index (κ3) is 5.65. The minimum atomic E-state index is -1.49. The van der Waals surface area contributed by atoms with Crippen molar-refractivity contribution >= 4 is 63.1 Å². The van der Waals surface area contributed by atoms with Crippen LogP contribution in [0.5, 0.6) is 0 Å². The van der Waals surface area contributed by atoms with Crippen LogP contribution < -0.4 is 26.5 Å². The van der Waals surface area contributed by atoms with Gasteiger partial charge in [0.15, 0.2) is 5.13 Å². The maximum Gasteiger partial charge on any atom is 0.349 e. The Morgan fingerprint density at radius 1 is 1.40 bits per heavy atom. The Morgan fingerprint density at radius 2 is 2.21 bits per heavy atom. The van der Waals surface area contributed by atoms with Crippen LogP contribution in [0, 0.1) is 0 Å². The number of anilines is 1. The number of nitrogens with one attached hydrogen (secondary N) is 1. The molecule has 5 heterocycles. The zero-order chi connectivity index (χ0) is 30.0. The highest BCUT2D eigenvalue weighted by molar-refractivity contribution is 8.00. The number of β-lactam (4-membered cyclic amide) rings is 1. The molecule has 0 bridgehead atoms. The molecule has 3 unspecified atom stereocenters. The van der Waals surface area contributed by atoms with E-state index in [9.17, 15) is 19.5 Å². The molecule has 5 rings (SSSR count). The van der Waals surface area contributed by atoms with Crippen LogP contribution in [-0.4, -0.2) is 90.8 Å². The Kier molecular flexibility index (Phi) is 8.66. The second-order valence-electron chi connectivity index (χ2n) is 9.37. The van der Waals surface area contributed by atoms with Crippen LogP contribution in [0.4, 0.5) is 5.13 Å². The smallest absolute Gasteiger partial charge is 0.349 e. The summed E-state index contributed by atoms with van der Waals surface area (Å²) in [6.45, 7) is 2.89. The molecular formula is C24H28N10O6S2. The van der Waals surface area contributed by atoms with Gasteiger partial charge < -0.3 is 40.8 Å². The number of aliphatic carboxylic acids is 1. The number of oxime groups is 1. The fourth-order valence-corrected chi connectivity index (χ4v) is 6.50. The van der Waals surface area contributed by atoms with Gasteiger partial charge in [-0.1, -0.05) is 5.16 Å². The van der Waals surface area contributed by atoms with E-state index in [1.54, 1.807) is 31.1 Å². The normalized spacial score (nSPS) is 19.5. The van der Waals surface area contributed by atoms with E-state index in [-0.39, 0.29) is 47.3 Å². The third-order valence-corrected chi connectivity index (χ3v) is 8.39. The molecule has 2 amide bonds. The number of aromatic nitrogens is 5. The van der Waals surface area contributed by atoms with E-state index in [0.717, 1.165) is 21.9 Å². The number of nitrogens with two attached hydrogens (primary N) is 2. The van der Waals surface area contributed by atoms with Crippen LogP contribution in [0.1, 0.15) is 12.7 Å². The second kappa shape index (κ2) is 12.4. The van der Waals surface area contributed by atoms with Gasteiger partial charge in [-0.2, -0.15) is 9.36 Å². The van der Waals surface area contributed by atoms with Crippen molar-refractivity contribution < 1.29 is 33.6 Å². The molecule has 0 saturated carbocycles. The van der Waals surface area contributed by atoms with Gasteiger partial charge in [0.25, 0.3) is 11.8 Å². The van der Waals surface area contributed by atoms with Crippen molar-refractivity contribution in [1.82, 2.24) is 29.1 Å². The number of carboxylic acid groups (broad SMARTS) is 1. The summed E-state index contributed by atoms with van der Waals surface area (Å²) in [5.74, 6) is -2.61. The van der Waals surface area contributed by atoms with E-state index < -0.39 is 29.2 Å². The monoisotopic (exact) mass is 616 g/mol. The molecule has 18 heteroatoms. The first kappa shape index (κ1) is 29.4. The van der Waals surface area contributed by atoms with E-state index in [0.29, 0.717) is 24.4 Å². The van der Waals surface area contributed by atoms with Gasteiger partial charge >= 0.3 is 5.65 Å². The highest BCUT2D eigenvalue weighted by atomic mass is 32.2. The van der Waals surface area contributed by atoms with Crippen LogP contribution in [0.3, 0.4) is 0 Å². The summed E-state index contributed by atoms with van der Waals surface area (Å²) < 4.78 is 12.8. The lowest BCUT2D eigenvalue weighted by atomic mass is 10.0. The Labute approximate surface area is 247 Å². The SMILES string of the molecule is CCO/N=C(\C(=O)NC1C(=O)N2C(C(=O)[O-])=C(C[n+]3cccc4c3ncn4CC(N)COC)CSC12)c1nsc(N)n1. The van der Waals surface area contributed by atoms with Crippen LogP contribution >= 0.6 is 23.3 Å². The van der Waals surface area contributed by atoms with Crippen molar-refractivity contribution in [1.29, 1.82) is 0 Å². The summed E-state index contributed by atoms with van der Waals surface area (Å²) in [7, 11) is 1.58. The molecule has 1 saturated heterocycles. The molecule has 3 aromatic heterocycles. The summed E-state index contributed by atoms with van der Waals surface area (Å²) in [6.07, 6.45) is 3.45. The third-order valence-electron chi connectivity index (χ3n) is 6.50. The number of carboxylic acids is 1. The first-order valence-electron chi connectivity index (χ1n) is 12.8. The van der Waals surface area contributed by atoms with Crippen molar-refractivity contribution in [3.8, 4) is 0 Å². The van der Waals surface area contributed by atoms with Gasteiger partial charge in [0.2, 0.25) is 17.9 Å². The van der Waals surface area contributed by atoms with E-state index in [1.807, 2.05) is 16.7 Å². The number of ether oxygens (including phenoxy) is 1. The summed E-state index contributed by atoms with van der Waals surface area (Å²) in [6, 6.07) is 2.48. The zero-order valence-electron chi connectivity index (χ0n) is 22.6. The van der Waals surface area contributed by atoms with Gasteiger partial charge in [-0.15, -0.1) is 11.8 Å². The first-order valence-corrected chi connectivity index (χ1v) is 14.6. The van der Waals surface area contributed by atoms with Gasteiger partial charge in [0, 0.05) is 42.6 Å². The summed E-state index contributed by atoms with van der Waals surface area (Å²) in [4.78, 5) is 53.2. The topological polar surface area (TPSA) is 220 Å². The van der Waals surface area contributed by atoms with Gasteiger partial charge in [0.05, 0.1) is 24.5 Å². The summed E-state index contributed by atoms with van der Waals surface area (Å²) in [5, 5.41) is 18.2. The molecule has 3 aromatic rings. The molecule has 0 aliphatic carbocycles. The van der Waals surface area contributed by atoms with Crippen molar-refractivity contribution in [2.75, 3.05) is 31.8 Å². The van der Waals surface area contributed by atoms with E-state index in [2.05, 4.69) is 24.8 Å². The van der Waals surface area contributed by atoms with Gasteiger partial charge in [-0.25, -0.2) is 4.57 Å². The molecule has 5 N–H and O–H groups in total. The van der Waals surface area contributed by atoms with Crippen molar-refractivity contribution in [3.05, 3.63) is 41.8 Å². The molecule has 3 atom stereocenters. The molecule has 1 fully saturated rings. The molecule has 2 aliphatic heterocycles. The average molecular weight is 617 g/mol. The predicted molar refractivity (Wildman–Crippen MR) is 149 cm³/mol. The van der Waals surface area contributed by atoms with Crippen molar-refractivity contribution in [2.24, 2.45) is 10.9 Å². The quantitative estimate of drug-likeness (QED) is 0.0837. The number of hydrogen-bond donors (Lipinski definition) is 3. The number of pyridine rings is 1. The van der Waals surface area contributed by atoms with Crippen LogP contribution in [0.15, 0.2) is 41.1 Å². The van der Waals surface area contributed by atoms with Crippen LogP contribution in [-0.2, 0) is 37.0 Å². The molecular weight excluding hydrogens is 588 g/mol. The molecule has 2 aliphatic rings. The Balaban J connectivity index is 1.36. The van der Waals surface area contributed by atoms with Crippen LogP contribution in [0.25, 0.3) is 11.2 Å². The number of carbonyl (C=O) groups excluding carboxylic acids is 3. The fourth-order valence-electron chi connectivity index (χ4n) is 4.73. The van der Waals surface area contributed by atoms with E-state index >= 15 is 0 Å². The van der Waals surface area contributed by atoms with Gasteiger partial charge in [-0.3, -0.25) is 14.5 Å². The lowest BCUT2D eigenvalue weighted by Crippen LogP contribution is -2.71. The van der Waals surface area contributed by atoms with E-state index in [1.165, 1.54) is 11.8 Å². The summed E-state index contributed by atoms with van der Waals surface area (Å²) in [5.41, 5.74) is 13.2. The lowest BCUT2D eigenvalue weighted by Gasteiger charge is -2.50. The van der Waals surface area contributed by atoms with Crippen molar-refractivity contribution in [2.45, 2.75) is 37.5 Å². The number of rotatable bonds is 12. The maximum absolute atomic E-state index is 13.2. The number of imidazole rings is 1. The number of hydrogen-bond acceptors (Lipinski definition) is 14. The lowest BCUT2D eigenvalue weighted by molar-refractivity contribution is -0.664. The largest absolute Gasteiger partial charge is 0.543 e. The van der Waals surface area contributed by atoms with Crippen molar-refractivity contribution in [3.63, 3.8) is 0 Å². The fraction of sp³-hybridized carbons (Fsp3) is 0.417. The average Bonchev–Trinajstić information content (AvgIpc) is 3.58. The first-order chi connectivity index (χ1) is 20.2. The Bertz CT molecular complexity index is 1590. The number of amides is 2.